The number of amides is 1. The molecule has 1 heterocycles. The third-order valence-corrected chi connectivity index (χ3v) is 6.44. The lowest BCUT2D eigenvalue weighted by molar-refractivity contribution is 0.103. The van der Waals surface area contributed by atoms with Gasteiger partial charge in [0.2, 0.25) is 0 Å². The highest BCUT2D eigenvalue weighted by Crippen LogP contribution is 2.32. The summed E-state index contributed by atoms with van der Waals surface area (Å²) in [6.07, 6.45) is 4.63. The Balaban J connectivity index is 1.66. The Labute approximate surface area is 171 Å². The third-order valence-electron chi connectivity index (χ3n) is 5.20. The minimum atomic E-state index is -0.0568. The first kappa shape index (κ1) is 20.7. The minimum Gasteiger partial charge on any atom is -0.493 e. The highest BCUT2D eigenvalue weighted by molar-refractivity contribution is 7.14. The van der Waals surface area contributed by atoms with Gasteiger partial charge in [0.25, 0.3) is 5.91 Å². The lowest BCUT2D eigenvalue weighted by Gasteiger charge is -2.19. The van der Waals surface area contributed by atoms with E-state index < -0.39 is 0 Å². The van der Waals surface area contributed by atoms with Gasteiger partial charge in [-0.1, -0.05) is 13.8 Å². The number of hydrogen-bond donors (Lipinski definition) is 1. The quantitative estimate of drug-likeness (QED) is 0.666. The summed E-state index contributed by atoms with van der Waals surface area (Å²) < 4.78 is 11.3. The van der Waals surface area contributed by atoms with Gasteiger partial charge in [0, 0.05) is 23.2 Å². The number of carbonyl (C=O) groups excluding carboxylic acids is 1. The van der Waals surface area contributed by atoms with Crippen molar-refractivity contribution < 1.29 is 14.3 Å². The summed E-state index contributed by atoms with van der Waals surface area (Å²) >= 11 is 1.62. The summed E-state index contributed by atoms with van der Waals surface area (Å²) in [6.45, 7) is 7.71. The number of nitrogens with zero attached hydrogens (tertiary/aromatic N) is 1. The number of fused-ring (bicyclic) bond motifs is 1. The molecule has 2 aromatic rings. The van der Waals surface area contributed by atoms with E-state index in [1.165, 1.54) is 23.3 Å². The van der Waals surface area contributed by atoms with E-state index in [1.54, 1.807) is 18.4 Å². The lowest BCUT2D eigenvalue weighted by Crippen LogP contribution is -2.28. The number of likely N-dealkylation sites (N-methyl/N-ethyl adjacent to an activating group) is 1. The van der Waals surface area contributed by atoms with Crippen molar-refractivity contribution in [2.75, 3.05) is 38.7 Å². The van der Waals surface area contributed by atoms with E-state index in [0.29, 0.717) is 18.1 Å². The van der Waals surface area contributed by atoms with E-state index in [4.69, 9.17) is 9.47 Å². The molecule has 1 N–H and O–H groups in total. The molecule has 0 fully saturated rings. The first-order valence-corrected chi connectivity index (χ1v) is 10.9. The molecule has 1 aromatic carbocycles. The Morgan fingerprint density at radius 2 is 1.93 bits per heavy atom. The van der Waals surface area contributed by atoms with Crippen molar-refractivity contribution in [3.8, 4) is 11.5 Å². The average molecular weight is 403 g/mol. The van der Waals surface area contributed by atoms with Crippen LogP contribution in [0.4, 0.5) is 5.69 Å². The maximum Gasteiger partial charge on any atom is 0.265 e. The zero-order valence-corrected chi connectivity index (χ0v) is 17.9. The molecule has 1 aliphatic rings. The fourth-order valence-electron chi connectivity index (χ4n) is 3.49. The molecule has 0 unspecified atom stereocenters. The van der Waals surface area contributed by atoms with Crippen molar-refractivity contribution in [3.05, 3.63) is 39.6 Å². The highest BCUT2D eigenvalue weighted by atomic mass is 32.1. The molecule has 3 rings (SSSR count). The SMILES string of the molecule is CCN(CC)CCOc1cc(NC(=O)c2cc3c(s2)CCCC3)ccc1OC. The van der Waals surface area contributed by atoms with Gasteiger partial charge in [0.05, 0.1) is 12.0 Å². The molecule has 0 bridgehead atoms. The Morgan fingerprint density at radius 3 is 2.64 bits per heavy atom. The molecule has 6 heteroatoms. The minimum absolute atomic E-state index is 0.0568. The van der Waals surface area contributed by atoms with Crippen LogP contribution in [0.3, 0.4) is 0 Å². The molecule has 1 aliphatic carbocycles. The molecule has 28 heavy (non-hydrogen) atoms. The van der Waals surface area contributed by atoms with Crippen molar-refractivity contribution in [1.82, 2.24) is 4.90 Å². The summed E-state index contributed by atoms with van der Waals surface area (Å²) in [6, 6.07) is 7.58. The molecule has 0 spiro atoms. The van der Waals surface area contributed by atoms with E-state index in [9.17, 15) is 4.79 Å². The largest absolute Gasteiger partial charge is 0.493 e. The number of anilines is 1. The second-order valence-corrected chi connectivity index (χ2v) is 8.10. The molecule has 1 aromatic heterocycles. The van der Waals surface area contributed by atoms with Gasteiger partial charge in [-0.05, 0) is 62.5 Å². The fourth-order valence-corrected chi connectivity index (χ4v) is 4.64. The number of benzene rings is 1. The molecule has 1 amide bonds. The van der Waals surface area contributed by atoms with Gasteiger partial charge in [0.1, 0.15) is 6.61 Å². The first-order valence-electron chi connectivity index (χ1n) is 10.1. The van der Waals surface area contributed by atoms with Crippen molar-refractivity contribution in [2.45, 2.75) is 39.5 Å². The Bertz CT molecular complexity index is 776. The number of hydrogen-bond acceptors (Lipinski definition) is 5. The summed E-state index contributed by atoms with van der Waals surface area (Å²) in [5.41, 5.74) is 2.06. The van der Waals surface area contributed by atoms with Gasteiger partial charge in [-0.2, -0.15) is 0 Å². The van der Waals surface area contributed by atoms with Crippen LogP contribution in [0.25, 0.3) is 0 Å². The Hall–Kier alpha value is -2.05. The van der Waals surface area contributed by atoms with Crippen LogP contribution in [0, 0.1) is 0 Å². The number of carbonyl (C=O) groups is 1. The van der Waals surface area contributed by atoms with Crippen LogP contribution in [0.1, 0.15) is 46.8 Å². The van der Waals surface area contributed by atoms with Crippen LogP contribution >= 0.6 is 11.3 Å². The zero-order chi connectivity index (χ0) is 19.9. The first-order chi connectivity index (χ1) is 13.6. The topological polar surface area (TPSA) is 50.8 Å². The molecule has 0 aliphatic heterocycles. The van der Waals surface area contributed by atoms with E-state index in [1.807, 2.05) is 18.2 Å². The molecular formula is C22H30N2O3S. The summed E-state index contributed by atoms with van der Waals surface area (Å²) in [5.74, 6) is 1.26. The maximum absolute atomic E-state index is 12.7. The van der Waals surface area contributed by atoms with Crippen LogP contribution < -0.4 is 14.8 Å². The van der Waals surface area contributed by atoms with Gasteiger partial charge in [-0.15, -0.1) is 11.3 Å². The Morgan fingerprint density at radius 1 is 1.14 bits per heavy atom. The number of rotatable bonds is 9. The van der Waals surface area contributed by atoms with Gasteiger partial charge in [0.15, 0.2) is 11.5 Å². The van der Waals surface area contributed by atoms with Crippen molar-refractivity contribution >= 4 is 22.9 Å². The smallest absolute Gasteiger partial charge is 0.265 e. The van der Waals surface area contributed by atoms with Crippen molar-refractivity contribution in [2.24, 2.45) is 0 Å². The number of methoxy groups -OCH3 is 1. The number of ether oxygens (including phenoxy) is 2. The van der Waals surface area contributed by atoms with E-state index in [0.717, 1.165) is 43.0 Å². The molecule has 0 saturated heterocycles. The lowest BCUT2D eigenvalue weighted by atomic mass is 9.99. The van der Waals surface area contributed by atoms with E-state index in [2.05, 4.69) is 30.1 Å². The summed E-state index contributed by atoms with van der Waals surface area (Å²) in [4.78, 5) is 17.2. The third kappa shape index (κ3) is 5.06. The standard InChI is InChI=1S/C22H30N2O3S/c1-4-24(5-2)12-13-27-19-15-17(10-11-18(19)26-3)23-22(25)21-14-16-8-6-7-9-20(16)28-21/h10-11,14-15H,4-9,12-13H2,1-3H3,(H,23,25). The van der Waals surface area contributed by atoms with Crippen LogP contribution in [-0.2, 0) is 12.8 Å². The van der Waals surface area contributed by atoms with E-state index in [-0.39, 0.29) is 5.91 Å². The molecule has 0 saturated carbocycles. The molecule has 5 nitrogen and oxygen atoms in total. The Kier molecular flexibility index (Phi) is 7.34. The van der Waals surface area contributed by atoms with Gasteiger partial charge in [-0.3, -0.25) is 4.79 Å². The van der Waals surface area contributed by atoms with Gasteiger partial charge < -0.3 is 19.7 Å². The number of aryl methyl sites for hydroxylation is 2. The van der Waals surface area contributed by atoms with Crippen LogP contribution in [-0.4, -0.2) is 44.2 Å². The monoisotopic (exact) mass is 402 g/mol. The molecule has 0 atom stereocenters. The van der Waals surface area contributed by atoms with Gasteiger partial charge in [-0.25, -0.2) is 0 Å². The molecule has 0 radical (unpaired) electrons. The van der Waals surface area contributed by atoms with Crippen molar-refractivity contribution in [3.63, 3.8) is 0 Å². The zero-order valence-electron chi connectivity index (χ0n) is 17.0. The van der Waals surface area contributed by atoms with Crippen molar-refractivity contribution in [1.29, 1.82) is 0 Å². The van der Waals surface area contributed by atoms with Crippen LogP contribution in [0.2, 0.25) is 0 Å². The second-order valence-electron chi connectivity index (χ2n) is 6.96. The van der Waals surface area contributed by atoms with E-state index >= 15 is 0 Å². The number of thiophene rings is 1. The summed E-state index contributed by atoms with van der Waals surface area (Å²) in [5, 5.41) is 3.01. The molecular weight excluding hydrogens is 372 g/mol. The number of nitrogens with one attached hydrogen (secondary N) is 1. The fraction of sp³-hybridized carbons (Fsp3) is 0.500. The summed E-state index contributed by atoms with van der Waals surface area (Å²) in [7, 11) is 1.63. The van der Waals surface area contributed by atoms with Gasteiger partial charge >= 0.3 is 0 Å². The maximum atomic E-state index is 12.7. The van der Waals surface area contributed by atoms with Crippen LogP contribution in [0.15, 0.2) is 24.3 Å². The normalized spacial score (nSPS) is 13.3. The predicted molar refractivity (Wildman–Crippen MR) is 115 cm³/mol. The highest BCUT2D eigenvalue weighted by Gasteiger charge is 2.18. The predicted octanol–water partition coefficient (Wildman–Crippen LogP) is 4.61. The molecule has 152 valence electrons. The van der Waals surface area contributed by atoms with Crippen LogP contribution in [0.5, 0.6) is 11.5 Å². The second kappa shape index (κ2) is 9.94. The average Bonchev–Trinajstić information content (AvgIpc) is 3.16.